The SMILES string of the molecule is O=C(C1CSC(c2ccccc2)=N1)N1CCOCC1. The Labute approximate surface area is 116 Å². The predicted molar refractivity (Wildman–Crippen MR) is 76.6 cm³/mol. The number of carbonyl (C=O) groups excluding carboxylic acids is 1. The van der Waals surface area contributed by atoms with Crippen LogP contribution < -0.4 is 0 Å². The van der Waals surface area contributed by atoms with Gasteiger partial charge in [0, 0.05) is 24.4 Å². The van der Waals surface area contributed by atoms with Gasteiger partial charge in [0.05, 0.1) is 18.3 Å². The first-order valence-electron chi connectivity index (χ1n) is 6.47. The number of morpholine rings is 1. The van der Waals surface area contributed by atoms with Crippen molar-refractivity contribution < 1.29 is 9.53 Å². The molecule has 1 fully saturated rings. The third kappa shape index (κ3) is 2.82. The molecule has 3 rings (SSSR count). The zero-order valence-electron chi connectivity index (χ0n) is 10.6. The van der Waals surface area contributed by atoms with Gasteiger partial charge in [-0.25, -0.2) is 0 Å². The van der Waals surface area contributed by atoms with E-state index in [0.717, 1.165) is 16.4 Å². The zero-order valence-corrected chi connectivity index (χ0v) is 11.4. The lowest BCUT2D eigenvalue weighted by atomic mass is 10.2. The van der Waals surface area contributed by atoms with E-state index in [1.54, 1.807) is 11.8 Å². The summed E-state index contributed by atoms with van der Waals surface area (Å²) < 4.78 is 5.27. The molecular formula is C14H16N2O2S. The van der Waals surface area contributed by atoms with Crippen molar-refractivity contribution >= 4 is 22.7 Å². The largest absolute Gasteiger partial charge is 0.378 e. The van der Waals surface area contributed by atoms with Gasteiger partial charge in [0.1, 0.15) is 6.04 Å². The van der Waals surface area contributed by atoms with E-state index in [4.69, 9.17) is 4.74 Å². The van der Waals surface area contributed by atoms with Crippen molar-refractivity contribution in [2.24, 2.45) is 4.99 Å². The Kier molecular flexibility index (Phi) is 3.84. The van der Waals surface area contributed by atoms with E-state index in [1.165, 1.54) is 0 Å². The first-order chi connectivity index (χ1) is 9.34. The van der Waals surface area contributed by atoms with Gasteiger partial charge >= 0.3 is 0 Å². The minimum atomic E-state index is -0.224. The van der Waals surface area contributed by atoms with Crippen LogP contribution in [-0.2, 0) is 9.53 Å². The molecule has 1 saturated heterocycles. The fourth-order valence-electron chi connectivity index (χ4n) is 2.23. The summed E-state index contributed by atoms with van der Waals surface area (Å²) in [5.74, 6) is 0.891. The van der Waals surface area contributed by atoms with Gasteiger partial charge in [-0.05, 0) is 0 Å². The number of aliphatic imine (C=N–C) groups is 1. The zero-order chi connectivity index (χ0) is 13.1. The van der Waals surface area contributed by atoms with E-state index in [2.05, 4.69) is 4.99 Å². The molecule has 0 aliphatic carbocycles. The summed E-state index contributed by atoms with van der Waals surface area (Å²) in [6, 6.07) is 9.82. The molecule has 0 bridgehead atoms. The molecule has 1 aromatic rings. The van der Waals surface area contributed by atoms with Crippen LogP contribution in [0.25, 0.3) is 0 Å². The van der Waals surface area contributed by atoms with Crippen LogP contribution in [0.2, 0.25) is 0 Å². The number of ether oxygens (including phenoxy) is 1. The van der Waals surface area contributed by atoms with Crippen LogP contribution >= 0.6 is 11.8 Å². The Morgan fingerprint density at radius 3 is 2.74 bits per heavy atom. The molecule has 0 aromatic heterocycles. The van der Waals surface area contributed by atoms with Crippen molar-refractivity contribution in [1.29, 1.82) is 0 Å². The molecule has 1 unspecified atom stereocenters. The summed E-state index contributed by atoms with van der Waals surface area (Å²) in [5.41, 5.74) is 1.10. The second kappa shape index (κ2) is 5.75. The molecule has 1 atom stereocenters. The smallest absolute Gasteiger partial charge is 0.248 e. The Morgan fingerprint density at radius 2 is 2.00 bits per heavy atom. The molecule has 0 spiro atoms. The number of hydrogen-bond acceptors (Lipinski definition) is 4. The lowest BCUT2D eigenvalue weighted by Gasteiger charge is -2.28. The number of rotatable bonds is 2. The third-order valence-corrected chi connectivity index (χ3v) is 4.38. The number of carbonyl (C=O) groups is 1. The summed E-state index contributed by atoms with van der Waals surface area (Å²) >= 11 is 1.67. The minimum Gasteiger partial charge on any atom is -0.378 e. The van der Waals surface area contributed by atoms with Gasteiger partial charge in [-0.15, -0.1) is 11.8 Å². The van der Waals surface area contributed by atoms with E-state index in [1.807, 2.05) is 35.2 Å². The average Bonchev–Trinajstić information content (AvgIpc) is 2.98. The van der Waals surface area contributed by atoms with Crippen molar-refractivity contribution in [1.82, 2.24) is 4.90 Å². The van der Waals surface area contributed by atoms with Crippen LogP contribution in [0.5, 0.6) is 0 Å². The van der Waals surface area contributed by atoms with E-state index in [-0.39, 0.29) is 11.9 Å². The van der Waals surface area contributed by atoms with Gasteiger partial charge in [-0.3, -0.25) is 9.79 Å². The normalized spacial score (nSPS) is 23.3. The van der Waals surface area contributed by atoms with E-state index >= 15 is 0 Å². The highest BCUT2D eigenvalue weighted by molar-refractivity contribution is 8.14. The van der Waals surface area contributed by atoms with Crippen LogP contribution in [0.3, 0.4) is 0 Å². The standard InChI is InChI=1S/C14H16N2O2S/c17-14(16-6-8-18-9-7-16)12-10-19-13(15-12)11-4-2-1-3-5-11/h1-5,12H,6-10H2. The number of nitrogens with zero attached hydrogens (tertiary/aromatic N) is 2. The average molecular weight is 276 g/mol. The monoisotopic (exact) mass is 276 g/mol. The lowest BCUT2D eigenvalue weighted by molar-refractivity contribution is -0.135. The first kappa shape index (κ1) is 12.7. The molecule has 4 nitrogen and oxygen atoms in total. The molecule has 2 aliphatic rings. The van der Waals surface area contributed by atoms with Gasteiger partial charge in [-0.2, -0.15) is 0 Å². The highest BCUT2D eigenvalue weighted by Crippen LogP contribution is 2.24. The summed E-state index contributed by atoms with van der Waals surface area (Å²) in [7, 11) is 0. The highest BCUT2D eigenvalue weighted by atomic mass is 32.2. The first-order valence-corrected chi connectivity index (χ1v) is 7.46. The van der Waals surface area contributed by atoms with Crippen LogP contribution in [-0.4, -0.2) is 53.9 Å². The van der Waals surface area contributed by atoms with Crippen molar-refractivity contribution in [2.75, 3.05) is 32.1 Å². The van der Waals surface area contributed by atoms with Gasteiger partial charge in [0.2, 0.25) is 5.91 Å². The van der Waals surface area contributed by atoms with Gasteiger partial charge < -0.3 is 9.64 Å². The molecule has 5 heteroatoms. The van der Waals surface area contributed by atoms with Crippen molar-refractivity contribution in [3.63, 3.8) is 0 Å². The Morgan fingerprint density at radius 1 is 1.26 bits per heavy atom. The molecule has 0 N–H and O–H groups in total. The maximum absolute atomic E-state index is 12.3. The maximum atomic E-state index is 12.3. The highest BCUT2D eigenvalue weighted by Gasteiger charge is 2.30. The predicted octanol–water partition coefficient (Wildman–Crippen LogP) is 1.41. The summed E-state index contributed by atoms with van der Waals surface area (Å²) in [5, 5.41) is 0.979. The van der Waals surface area contributed by atoms with Crippen LogP contribution in [0.15, 0.2) is 35.3 Å². The minimum absolute atomic E-state index is 0.140. The summed E-state index contributed by atoms with van der Waals surface area (Å²) in [6.45, 7) is 2.66. The Hall–Kier alpha value is -1.33. The molecule has 0 saturated carbocycles. The molecular weight excluding hydrogens is 260 g/mol. The van der Waals surface area contributed by atoms with E-state index in [0.29, 0.717) is 26.3 Å². The number of thioether (sulfide) groups is 1. The number of amides is 1. The third-order valence-electron chi connectivity index (χ3n) is 3.28. The van der Waals surface area contributed by atoms with E-state index in [9.17, 15) is 4.79 Å². The van der Waals surface area contributed by atoms with Crippen LogP contribution in [0, 0.1) is 0 Å². The topological polar surface area (TPSA) is 41.9 Å². The van der Waals surface area contributed by atoms with Gasteiger partial charge in [0.25, 0.3) is 0 Å². The lowest BCUT2D eigenvalue weighted by Crippen LogP contribution is -2.45. The molecule has 1 amide bonds. The fourth-order valence-corrected chi connectivity index (χ4v) is 3.27. The van der Waals surface area contributed by atoms with Gasteiger partial charge in [-0.1, -0.05) is 30.3 Å². The number of hydrogen-bond donors (Lipinski definition) is 0. The maximum Gasteiger partial charge on any atom is 0.248 e. The molecule has 1 aromatic carbocycles. The molecule has 2 aliphatic heterocycles. The van der Waals surface area contributed by atoms with Crippen molar-refractivity contribution in [3.8, 4) is 0 Å². The fraction of sp³-hybridized carbons (Fsp3) is 0.429. The molecule has 2 heterocycles. The Balaban J connectivity index is 1.70. The quantitative estimate of drug-likeness (QED) is 0.820. The van der Waals surface area contributed by atoms with Gasteiger partial charge in [0.15, 0.2) is 0 Å². The molecule has 19 heavy (non-hydrogen) atoms. The van der Waals surface area contributed by atoms with Crippen molar-refractivity contribution in [2.45, 2.75) is 6.04 Å². The second-order valence-electron chi connectivity index (χ2n) is 4.56. The van der Waals surface area contributed by atoms with E-state index < -0.39 is 0 Å². The van der Waals surface area contributed by atoms with Crippen LogP contribution in [0.4, 0.5) is 0 Å². The van der Waals surface area contributed by atoms with Crippen molar-refractivity contribution in [3.05, 3.63) is 35.9 Å². The Bertz CT molecular complexity index is 483. The molecule has 0 radical (unpaired) electrons. The second-order valence-corrected chi connectivity index (χ2v) is 5.57. The molecule has 100 valence electrons. The summed E-state index contributed by atoms with van der Waals surface area (Å²) in [4.78, 5) is 18.8. The van der Waals surface area contributed by atoms with Crippen LogP contribution in [0.1, 0.15) is 5.56 Å². The number of benzene rings is 1. The summed E-state index contributed by atoms with van der Waals surface area (Å²) in [6.07, 6.45) is 0.